The Labute approximate surface area is 107 Å². The van der Waals surface area contributed by atoms with Crippen LogP contribution in [0.4, 0.5) is 0 Å². The number of ketones is 1. The number of hydrogen-bond donors (Lipinski definition) is 1. The van der Waals surface area contributed by atoms with Gasteiger partial charge < -0.3 is 0 Å². The zero-order valence-electron chi connectivity index (χ0n) is 9.89. The van der Waals surface area contributed by atoms with E-state index in [2.05, 4.69) is 49.9 Å². The van der Waals surface area contributed by atoms with Gasteiger partial charge in [-0.1, -0.05) is 49.4 Å². The summed E-state index contributed by atoms with van der Waals surface area (Å²) in [6.45, 7) is 2.09. The van der Waals surface area contributed by atoms with Crippen LogP contribution in [0.5, 0.6) is 0 Å². The first-order valence-electron chi connectivity index (χ1n) is 5.82. The average Bonchev–Trinajstić information content (AvgIpc) is 2.38. The van der Waals surface area contributed by atoms with Gasteiger partial charge in [0.15, 0.2) is 0 Å². The van der Waals surface area contributed by atoms with Crippen LogP contribution in [-0.4, -0.2) is 11.5 Å². The quantitative estimate of drug-likeness (QED) is 0.809. The molecule has 0 amide bonds. The van der Waals surface area contributed by atoms with Gasteiger partial charge >= 0.3 is 0 Å². The molecule has 0 bridgehead atoms. The van der Waals surface area contributed by atoms with Gasteiger partial charge in [-0.2, -0.15) is 12.6 Å². The molecule has 0 heterocycles. The molecule has 0 saturated carbocycles. The van der Waals surface area contributed by atoms with Crippen LogP contribution in [0.3, 0.4) is 0 Å². The summed E-state index contributed by atoms with van der Waals surface area (Å²) >= 11 is 4.01. The lowest BCUT2D eigenvalue weighted by molar-refractivity contribution is -0.116. The van der Waals surface area contributed by atoms with Crippen molar-refractivity contribution < 1.29 is 4.79 Å². The highest BCUT2D eigenvalue weighted by molar-refractivity contribution is 7.81. The molecule has 0 saturated heterocycles. The van der Waals surface area contributed by atoms with Gasteiger partial charge in [0, 0.05) is 12.2 Å². The fourth-order valence-corrected chi connectivity index (χ4v) is 2.17. The Morgan fingerprint density at radius 1 is 1.18 bits per heavy atom. The third kappa shape index (κ3) is 2.89. The molecule has 0 aliphatic carbocycles. The molecule has 0 aliphatic heterocycles. The maximum absolute atomic E-state index is 11.4. The van der Waals surface area contributed by atoms with Gasteiger partial charge in [0.05, 0.1) is 0 Å². The molecular weight excluding hydrogens is 228 g/mol. The molecule has 0 spiro atoms. The number of rotatable bonds is 4. The Hall–Kier alpha value is -1.28. The van der Waals surface area contributed by atoms with E-state index in [9.17, 15) is 4.79 Å². The molecule has 17 heavy (non-hydrogen) atoms. The second-order valence-electron chi connectivity index (χ2n) is 4.41. The average molecular weight is 244 g/mol. The minimum Gasteiger partial charge on any atom is -0.299 e. The Bertz CT molecular complexity index is 533. The van der Waals surface area contributed by atoms with Crippen LogP contribution in [0.2, 0.25) is 0 Å². The van der Waals surface area contributed by atoms with Crippen molar-refractivity contribution in [3.8, 4) is 0 Å². The Morgan fingerprint density at radius 3 is 2.59 bits per heavy atom. The second kappa shape index (κ2) is 5.37. The van der Waals surface area contributed by atoms with Crippen LogP contribution in [0.1, 0.15) is 24.8 Å². The topological polar surface area (TPSA) is 17.1 Å². The highest BCUT2D eigenvalue weighted by atomic mass is 32.1. The molecule has 0 fully saturated rings. The molecule has 0 aromatic heterocycles. The fraction of sp³-hybridized carbons (Fsp3) is 0.267. The number of hydrogen-bond acceptors (Lipinski definition) is 2. The summed E-state index contributed by atoms with van der Waals surface area (Å²) in [4.78, 5) is 11.4. The molecule has 1 nitrogen and oxygen atoms in total. The molecule has 1 atom stereocenters. The van der Waals surface area contributed by atoms with E-state index in [4.69, 9.17) is 0 Å². The highest BCUT2D eigenvalue weighted by Crippen LogP contribution is 2.24. The summed E-state index contributed by atoms with van der Waals surface area (Å²) in [5.74, 6) is 0.797. The third-order valence-corrected chi connectivity index (χ3v) is 3.41. The van der Waals surface area contributed by atoms with Crippen molar-refractivity contribution in [2.75, 3.05) is 5.75 Å². The lowest BCUT2D eigenvalue weighted by Gasteiger charge is -2.11. The van der Waals surface area contributed by atoms with Crippen LogP contribution < -0.4 is 0 Å². The first-order chi connectivity index (χ1) is 8.20. The maximum atomic E-state index is 11.4. The number of Topliss-reactive ketones (excluding diaryl/α,β-unsaturated/α-hetero) is 1. The SMILES string of the molecule is C[C@H](CC(=O)CS)c1ccc2ccccc2c1. The normalized spacial score (nSPS) is 12.6. The molecular formula is C15H16OS. The summed E-state index contributed by atoms with van der Waals surface area (Å²) in [7, 11) is 0. The summed E-state index contributed by atoms with van der Waals surface area (Å²) in [6.07, 6.45) is 0.571. The van der Waals surface area contributed by atoms with Crippen molar-refractivity contribution in [3.05, 3.63) is 48.0 Å². The standard InChI is InChI=1S/C15H16OS/c1-11(8-15(16)10-17)13-7-6-12-4-2-3-5-14(12)9-13/h2-7,9,11,17H,8,10H2,1H3/t11-/m1/s1. The van der Waals surface area contributed by atoms with E-state index in [1.54, 1.807) is 0 Å². The summed E-state index contributed by atoms with van der Waals surface area (Å²) in [5.41, 5.74) is 1.22. The first kappa shape index (κ1) is 12.2. The zero-order chi connectivity index (χ0) is 12.3. The van der Waals surface area contributed by atoms with Gasteiger partial charge in [-0.15, -0.1) is 0 Å². The number of fused-ring (bicyclic) bond motifs is 1. The summed E-state index contributed by atoms with van der Waals surface area (Å²) < 4.78 is 0. The van der Waals surface area contributed by atoms with Crippen molar-refractivity contribution in [2.45, 2.75) is 19.3 Å². The molecule has 0 N–H and O–H groups in total. The van der Waals surface area contributed by atoms with E-state index in [1.165, 1.54) is 16.3 Å². The molecule has 2 heteroatoms. The zero-order valence-corrected chi connectivity index (χ0v) is 10.8. The molecule has 2 rings (SSSR count). The van der Waals surface area contributed by atoms with E-state index in [0.29, 0.717) is 12.2 Å². The van der Waals surface area contributed by atoms with E-state index >= 15 is 0 Å². The van der Waals surface area contributed by atoms with Crippen molar-refractivity contribution in [1.82, 2.24) is 0 Å². The van der Waals surface area contributed by atoms with Crippen LogP contribution in [0.25, 0.3) is 10.8 Å². The monoisotopic (exact) mass is 244 g/mol. The van der Waals surface area contributed by atoms with Crippen LogP contribution in [0.15, 0.2) is 42.5 Å². The van der Waals surface area contributed by atoms with Gasteiger partial charge in [0.2, 0.25) is 0 Å². The van der Waals surface area contributed by atoms with Crippen molar-refractivity contribution in [1.29, 1.82) is 0 Å². The fourth-order valence-electron chi connectivity index (χ4n) is 2.04. The van der Waals surface area contributed by atoms with Crippen molar-refractivity contribution in [3.63, 3.8) is 0 Å². The van der Waals surface area contributed by atoms with Gasteiger partial charge in [0.1, 0.15) is 5.78 Å². The maximum Gasteiger partial charge on any atom is 0.143 e. The van der Waals surface area contributed by atoms with Gasteiger partial charge in [0.25, 0.3) is 0 Å². The molecule has 2 aromatic rings. The molecule has 2 aromatic carbocycles. The largest absolute Gasteiger partial charge is 0.299 e. The van der Waals surface area contributed by atoms with E-state index in [1.807, 2.05) is 12.1 Å². The van der Waals surface area contributed by atoms with E-state index in [-0.39, 0.29) is 11.7 Å². The highest BCUT2D eigenvalue weighted by Gasteiger charge is 2.10. The summed E-state index contributed by atoms with van der Waals surface area (Å²) in [5, 5.41) is 2.47. The van der Waals surface area contributed by atoms with Gasteiger partial charge in [-0.05, 0) is 22.3 Å². The minimum absolute atomic E-state index is 0.203. The Kier molecular flexibility index (Phi) is 3.85. The van der Waals surface area contributed by atoms with Crippen LogP contribution >= 0.6 is 12.6 Å². The first-order valence-corrected chi connectivity index (χ1v) is 6.45. The Morgan fingerprint density at radius 2 is 1.88 bits per heavy atom. The van der Waals surface area contributed by atoms with Gasteiger partial charge in [-0.3, -0.25) is 4.79 Å². The smallest absolute Gasteiger partial charge is 0.143 e. The molecule has 88 valence electrons. The van der Waals surface area contributed by atoms with E-state index in [0.717, 1.165) is 0 Å². The number of benzene rings is 2. The van der Waals surface area contributed by atoms with Crippen LogP contribution in [-0.2, 0) is 4.79 Å². The second-order valence-corrected chi connectivity index (χ2v) is 4.72. The third-order valence-electron chi connectivity index (χ3n) is 3.05. The Balaban J connectivity index is 2.26. The molecule has 0 aliphatic rings. The number of thiol groups is 1. The van der Waals surface area contributed by atoms with Gasteiger partial charge in [-0.25, -0.2) is 0 Å². The van der Waals surface area contributed by atoms with Crippen LogP contribution in [0, 0.1) is 0 Å². The predicted octanol–water partition coefficient (Wildman–Crippen LogP) is 3.83. The number of carbonyl (C=O) groups is 1. The number of carbonyl (C=O) groups excluding carboxylic acids is 1. The summed E-state index contributed by atoms with van der Waals surface area (Å²) in [6, 6.07) is 14.7. The van der Waals surface area contributed by atoms with Crippen molar-refractivity contribution >= 4 is 29.2 Å². The van der Waals surface area contributed by atoms with E-state index < -0.39 is 0 Å². The predicted molar refractivity (Wildman–Crippen MR) is 75.8 cm³/mol. The molecule has 0 radical (unpaired) electrons. The lowest BCUT2D eigenvalue weighted by atomic mass is 9.94. The molecule has 0 unspecified atom stereocenters. The minimum atomic E-state index is 0.203. The van der Waals surface area contributed by atoms with Crippen molar-refractivity contribution in [2.24, 2.45) is 0 Å². The lowest BCUT2D eigenvalue weighted by Crippen LogP contribution is -2.05.